The van der Waals surface area contributed by atoms with Gasteiger partial charge in [0.15, 0.2) is 0 Å². The van der Waals surface area contributed by atoms with Gasteiger partial charge in [-0.2, -0.15) is 4.57 Å². The Hall–Kier alpha value is -2.90. The quantitative estimate of drug-likeness (QED) is 0.387. The van der Waals surface area contributed by atoms with E-state index in [1.807, 2.05) is 30.3 Å². The molecule has 0 fully saturated rings. The lowest BCUT2D eigenvalue weighted by atomic mass is 9.99. The Balaban J connectivity index is 1.99. The van der Waals surface area contributed by atoms with Crippen LogP contribution >= 0.6 is 11.6 Å². The molecule has 0 N–H and O–H groups in total. The monoisotopic (exact) mass is 356 g/mol. The summed E-state index contributed by atoms with van der Waals surface area (Å²) in [5.74, 6) is 0. The van der Waals surface area contributed by atoms with Crippen molar-refractivity contribution in [1.82, 2.24) is 0 Å². The lowest BCUT2D eigenvalue weighted by molar-refractivity contribution is -0.649. The molecule has 0 saturated heterocycles. The molecule has 0 bridgehead atoms. The molecule has 0 amide bonds. The number of hydrogen-bond acceptors (Lipinski definition) is 0. The first-order valence-electron chi connectivity index (χ1n) is 8.63. The van der Waals surface area contributed by atoms with Gasteiger partial charge in [-0.25, -0.2) is 0 Å². The molecule has 0 saturated carbocycles. The number of hydrogen-bond donors (Lipinski definition) is 0. The van der Waals surface area contributed by atoms with E-state index in [1.165, 1.54) is 22.5 Å². The number of aromatic nitrogens is 1. The summed E-state index contributed by atoms with van der Waals surface area (Å²) in [6.07, 6.45) is 0. The van der Waals surface area contributed by atoms with Crippen LogP contribution in [-0.2, 0) is 7.05 Å². The summed E-state index contributed by atoms with van der Waals surface area (Å²) in [5.41, 5.74) is 6.99. The summed E-state index contributed by atoms with van der Waals surface area (Å²) >= 11 is 6.23. The number of halogens is 1. The SMILES string of the molecule is C[n+]1c(-c2ccccc2)cc(-c2cccc(Cl)c2)cc1-c1ccccc1. The van der Waals surface area contributed by atoms with Crippen LogP contribution in [0.3, 0.4) is 0 Å². The fraction of sp³-hybridized carbons (Fsp3) is 0.0417. The maximum absolute atomic E-state index is 6.23. The van der Waals surface area contributed by atoms with Crippen LogP contribution in [0.5, 0.6) is 0 Å². The van der Waals surface area contributed by atoms with Crippen molar-refractivity contribution >= 4 is 11.6 Å². The topological polar surface area (TPSA) is 3.88 Å². The third-order valence-electron chi connectivity index (χ3n) is 4.60. The highest BCUT2D eigenvalue weighted by molar-refractivity contribution is 6.30. The molecule has 4 aromatic rings. The van der Waals surface area contributed by atoms with E-state index < -0.39 is 0 Å². The van der Waals surface area contributed by atoms with Gasteiger partial charge in [-0.1, -0.05) is 60.1 Å². The standard InChI is InChI=1S/C24H19ClN/c1-26-23(18-9-4-2-5-10-18)16-21(20-13-8-14-22(25)15-20)17-24(26)19-11-6-3-7-12-19/h2-17H,1H3/q+1. The zero-order valence-electron chi connectivity index (χ0n) is 14.6. The third kappa shape index (κ3) is 3.26. The Morgan fingerprint density at radius 2 is 1.04 bits per heavy atom. The van der Waals surface area contributed by atoms with E-state index in [0.29, 0.717) is 0 Å². The van der Waals surface area contributed by atoms with Gasteiger partial charge in [0, 0.05) is 28.3 Å². The van der Waals surface area contributed by atoms with E-state index >= 15 is 0 Å². The molecule has 126 valence electrons. The fourth-order valence-corrected chi connectivity index (χ4v) is 3.46. The van der Waals surface area contributed by atoms with Crippen LogP contribution in [0.1, 0.15) is 0 Å². The lowest BCUT2D eigenvalue weighted by Gasteiger charge is -2.10. The molecule has 3 aromatic carbocycles. The molecule has 0 aliphatic heterocycles. The zero-order valence-corrected chi connectivity index (χ0v) is 15.3. The second kappa shape index (κ2) is 7.15. The van der Waals surface area contributed by atoms with Crippen LogP contribution in [0.2, 0.25) is 5.02 Å². The number of pyridine rings is 1. The average Bonchev–Trinajstić information content (AvgIpc) is 2.69. The van der Waals surface area contributed by atoms with Gasteiger partial charge in [0.25, 0.3) is 0 Å². The van der Waals surface area contributed by atoms with Crippen LogP contribution in [0.15, 0.2) is 97.1 Å². The van der Waals surface area contributed by atoms with Crippen LogP contribution in [0.25, 0.3) is 33.6 Å². The summed E-state index contributed by atoms with van der Waals surface area (Å²) in [7, 11) is 2.12. The van der Waals surface area contributed by atoms with Crippen LogP contribution in [0.4, 0.5) is 0 Å². The van der Waals surface area contributed by atoms with Gasteiger partial charge in [-0.3, -0.25) is 0 Å². The maximum atomic E-state index is 6.23. The Labute approximate surface area is 159 Å². The first kappa shape index (κ1) is 16.6. The molecule has 26 heavy (non-hydrogen) atoms. The van der Waals surface area contributed by atoms with Crippen molar-refractivity contribution in [2.24, 2.45) is 7.05 Å². The maximum Gasteiger partial charge on any atom is 0.213 e. The number of rotatable bonds is 3. The smallest absolute Gasteiger partial charge is 0.194 e. The van der Waals surface area contributed by atoms with Crippen molar-refractivity contribution in [1.29, 1.82) is 0 Å². The normalized spacial score (nSPS) is 10.7. The van der Waals surface area contributed by atoms with E-state index in [-0.39, 0.29) is 0 Å². The molecule has 0 spiro atoms. The molecule has 1 heterocycles. The van der Waals surface area contributed by atoms with E-state index in [1.54, 1.807) is 0 Å². The summed E-state index contributed by atoms with van der Waals surface area (Å²) in [5, 5.41) is 0.748. The van der Waals surface area contributed by atoms with Gasteiger partial charge in [-0.15, -0.1) is 0 Å². The first-order chi connectivity index (χ1) is 12.7. The fourth-order valence-electron chi connectivity index (χ4n) is 3.27. The van der Waals surface area contributed by atoms with Crippen molar-refractivity contribution in [3.8, 4) is 33.6 Å². The summed E-state index contributed by atoms with van der Waals surface area (Å²) in [4.78, 5) is 0. The summed E-state index contributed by atoms with van der Waals surface area (Å²) in [6, 6.07) is 33.4. The lowest BCUT2D eigenvalue weighted by Crippen LogP contribution is -2.34. The molecule has 0 radical (unpaired) electrons. The van der Waals surface area contributed by atoms with Crippen molar-refractivity contribution < 1.29 is 4.57 Å². The van der Waals surface area contributed by atoms with Gasteiger partial charge in [0.05, 0.1) is 0 Å². The minimum atomic E-state index is 0.748. The van der Waals surface area contributed by atoms with Gasteiger partial charge < -0.3 is 0 Å². The van der Waals surface area contributed by atoms with E-state index in [0.717, 1.165) is 16.1 Å². The molecule has 0 aliphatic rings. The molecule has 1 nitrogen and oxygen atoms in total. The molecule has 0 atom stereocenters. The van der Waals surface area contributed by atoms with Gasteiger partial charge in [0.2, 0.25) is 11.4 Å². The van der Waals surface area contributed by atoms with E-state index in [4.69, 9.17) is 11.6 Å². The highest BCUT2D eigenvalue weighted by atomic mass is 35.5. The summed E-state index contributed by atoms with van der Waals surface area (Å²) in [6.45, 7) is 0. The van der Waals surface area contributed by atoms with Crippen molar-refractivity contribution in [2.75, 3.05) is 0 Å². The van der Waals surface area contributed by atoms with Gasteiger partial charge >= 0.3 is 0 Å². The van der Waals surface area contributed by atoms with Crippen LogP contribution in [0, 0.1) is 0 Å². The Morgan fingerprint density at radius 3 is 1.54 bits per heavy atom. The third-order valence-corrected chi connectivity index (χ3v) is 4.84. The van der Waals surface area contributed by atoms with E-state index in [9.17, 15) is 0 Å². The zero-order chi connectivity index (χ0) is 17.9. The van der Waals surface area contributed by atoms with Gasteiger partial charge in [-0.05, 0) is 47.5 Å². The second-order valence-corrected chi connectivity index (χ2v) is 6.75. The van der Waals surface area contributed by atoms with Gasteiger partial charge in [0.1, 0.15) is 7.05 Å². The Kier molecular flexibility index (Phi) is 4.55. The molecule has 1 aromatic heterocycles. The van der Waals surface area contributed by atoms with Crippen molar-refractivity contribution in [3.05, 3.63) is 102 Å². The highest BCUT2D eigenvalue weighted by Crippen LogP contribution is 2.29. The van der Waals surface area contributed by atoms with E-state index in [2.05, 4.69) is 78.3 Å². The Bertz CT molecular complexity index is 980. The first-order valence-corrected chi connectivity index (χ1v) is 9.01. The molecular weight excluding hydrogens is 338 g/mol. The minimum absolute atomic E-state index is 0.748. The molecule has 0 aliphatic carbocycles. The van der Waals surface area contributed by atoms with Crippen LogP contribution in [-0.4, -0.2) is 0 Å². The summed E-state index contributed by atoms with van der Waals surface area (Å²) < 4.78 is 2.25. The Morgan fingerprint density at radius 1 is 0.538 bits per heavy atom. The number of nitrogens with zero attached hydrogens (tertiary/aromatic N) is 1. The second-order valence-electron chi connectivity index (χ2n) is 6.32. The molecule has 0 unspecified atom stereocenters. The van der Waals surface area contributed by atoms with Crippen molar-refractivity contribution in [2.45, 2.75) is 0 Å². The van der Waals surface area contributed by atoms with Crippen LogP contribution < -0.4 is 4.57 Å². The largest absolute Gasteiger partial charge is 0.213 e. The average molecular weight is 357 g/mol. The molecule has 4 rings (SSSR count). The molecule has 2 heteroatoms. The van der Waals surface area contributed by atoms with Crippen molar-refractivity contribution in [3.63, 3.8) is 0 Å². The minimum Gasteiger partial charge on any atom is -0.194 e. The highest BCUT2D eigenvalue weighted by Gasteiger charge is 2.19. The number of benzene rings is 3. The molecular formula is C24H19ClN+. The predicted octanol–water partition coefficient (Wildman–Crippen LogP) is 6.17. The predicted molar refractivity (Wildman–Crippen MR) is 109 cm³/mol.